The van der Waals surface area contributed by atoms with E-state index in [0.717, 1.165) is 29.4 Å². The van der Waals surface area contributed by atoms with Crippen LogP contribution in [0.25, 0.3) is 0 Å². The molecule has 2 bridgehead atoms. The van der Waals surface area contributed by atoms with Crippen LogP contribution in [0.1, 0.15) is 36.8 Å². The molecule has 4 rings (SSSR count). The molecule has 2 saturated heterocycles. The highest BCUT2D eigenvalue weighted by molar-refractivity contribution is 6.29. The lowest BCUT2D eigenvalue weighted by Crippen LogP contribution is -3.00. The number of esters is 1. The molecule has 0 spiro atoms. The Labute approximate surface area is 211 Å². The van der Waals surface area contributed by atoms with Crippen molar-refractivity contribution in [2.24, 2.45) is 5.92 Å². The molecule has 2 aromatic rings. The molecule has 172 valence electrons. The van der Waals surface area contributed by atoms with Gasteiger partial charge in [-0.2, -0.15) is 0 Å². The van der Waals surface area contributed by atoms with Crippen LogP contribution >= 0.6 is 11.6 Å². The van der Waals surface area contributed by atoms with E-state index in [0.29, 0.717) is 17.8 Å². The number of fused-ring (bicyclic) bond motifs is 2. The van der Waals surface area contributed by atoms with Crippen molar-refractivity contribution in [2.75, 3.05) is 20.2 Å². The number of ether oxygens (including phenoxy) is 1. The standard InChI is InChI=1S/C24H28ClN3O3.HI/c1-3-31-21(29)14-27-24(30)23-19-11-10-18(22(23)17-9-12-20(25)26-13-17)28(19,2)15-16-7-5-4-6-8-16;/h4-9,12-13,18-19,22-23H,3,10-11,14-15H2,1-2H3;1H. The summed E-state index contributed by atoms with van der Waals surface area (Å²) in [6.07, 6.45) is 3.85. The molecule has 5 unspecified atom stereocenters. The van der Waals surface area contributed by atoms with Crippen molar-refractivity contribution in [3.8, 4) is 0 Å². The molecule has 5 atom stereocenters. The first-order valence-electron chi connectivity index (χ1n) is 10.9. The molecule has 1 amide bonds. The van der Waals surface area contributed by atoms with Crippen LogP contribution in [-0.2, 0) is 20.9 Å². The minimum atomic E-state index is -0.412. The minimum absolute atomic E-state index is 0. The highest BCUT2D eigenvalue weighted by atomic mass is 127. The molecule has 2 aliphatic rings. The SMILES string of the molecule is CCOC(=O)CNC(=O)C1C(c2ccc(Cl)nc2)C2CCC1[N+]2(C)Cc1ccccc1.[I-]. The molecule has 6 nitrogen and oxygen atoms in total. The number of halogens is 2. The number of quaternary nitrogens is 1. The smallest absolute Gasteiger partial charge is 0.325 e. The molecule has 1 N–H and O–H groups in total. The van der Waals surface area contributed by atoms with E-state index in [1.807, 2.05) is 12.1 Å². The van der Waals surface area contributed by atoms with E-state index in [1.54, 1.807) is 19.2 Å². The lowest BCUT2D eigenvalue weighted by atomic mass is 9.75. The van der Waals surface area contributed by atoms with Crippen LogP contribution in [0.5, 0.6) is 0 Å². The Balaban J connectivity index is 0.00000289. The first-order valence-corrected chi connectivity index (χ1v) is 11.3. The fraction of sp³-hybridized carbons (Fsp3) is 0.458. The van der Waals surface area contributed by atoms with Gasteiger partial charge in [0.1, 0.15) is 30.2 Å². The molecule has 1 aromatic carbocycles. The Morgan fingerprint density at radius 2 is 1.88 bits per heavy atom. The number of carbonyl (C=O) groups is 2. The lowest BCUT2D eigenvalue weighted by Gasteiger charge is -2.36. The van der Waals surface area contributed by atoms with Gasteiger partial charge in [0.25, 0.3) is 0 Å². The van der Waals surface area contributed by atoms with Gasteiger partial charge in [0, 0.05) is 24.6 Å². The van der Waals surface area contributed by atoms with Crippen LogP contribution in [0.15, 0.2) is 48.7 Å². The summed E-state index contributed by atoms with van der Waals surface area (Å²) in [5.41, 5.74) is 2.30. The number of rotatable bonds is 7. The van der Waals surface area contributed by atoms with Gasteiger partial charge < -0.3 is 38.5 Å². The third-order valence-corrected chi connectivity index (χ3v) is 7.23. The second-order valence-corrected chi connectivity index (χ2v) is 9.08. The highest BCUT2D eigenvalue weighted by Gasteiger charge is 2.65. The third-order valence-electron chi connectivity index (χ3n) is 7.01. The maximum absolute atomic E-state index is 13.4. The molecule has 0 aliphatic carbocycles. The normalized spacial score (nSPS) is 28.1. The van der Waals surface area contributed by atoms with E-state index in [2.05, 4.69) is 41.6 Å². The van der Waals surface area contributed by atoms with E-state index in [4.69, 9.17) is 16.3 Å². The fourth-order valence-electron chi connectivity index (χ4n) is 5.80. The van der Waals surface area contributed by atoms with E-state index in [-0.39, 0.29) is 54.3 Å². The molecule has 32 heavy (non-hydrogen) atoms. The van der Waals surface area contributed by atoms with Gasteiger partial charge in [-0.25, -0.2) is 4.98 Å². The summed E-state index contributed by atoms with van der Waals surface area (Å²) < 4.78 is 5.79. The van der Waals surface area contributed by atoms with Crippen LogP contribution in [0.4, 0.5) is 0 Å². The summed E-state index contributed by atoms with van der Waals surface area (Å²) in [7, 11) is 2.27. The van der Waals surface area contributed by atoms with Crippen molar-refractivity contribution in [2.45, 2.75) is 44.3 Å². The number of aromatic nitrogens is 1. The van der Waals surface area contributed by atoms with E-state index < -0.39 is 5.97 Å². The molecule has 1 aromatic heterocycles. The maximum Gasteiger partial charge on any atom is 0.325 e. The second kappa shape index (κ2) is 10.5. The van der Waals surface area contributed by atoms with Crippen LogP contribution in [0.3, 0.4) is 0 Å². The number of likely N-dealkylation sites (N-methyl/N-ethyl adjacent to an activating group) is 1. The third kappa shape index (κ3) is 4.79. The average molecular weight is 570 g/mol. The molecule has 0 radical (unpaired) electrons. The number of carbonyl (C=O) groups excluding carboxylic acids is 2. The number of hydrogen-bond donors (Lipinski definition) is 1. The molecule has 2 fully saturated rings. The number of pyridine rings is 1. The highest BCUT2D eigenvalue weighted by Crippen LogP contribution is 2.55. The summed E-state index contributed by atoms with van der Waals surface area (Å²) >= 11 is 6.03. The lowest BCUT2D eigenvalue weighted by molar-refractivity contribution is -0.944. The second-order valence-electron chi connectivity index (χ2n) is 8.69. The number of benzene rings is 1. The Morgan fingerprint density at radius 3 is 2.53 bits per heavy atom. The first kappa shape index (κ1) is 24.9. The summed E-state index contributed by atoms with van der Waals surface area (Å²) in [6.45, 7) is 2.82. The van der Waals surface area contributed by atoms with Crippen LogP contribution < -0.4 is 29.3 Å². The summed E-state index contributed by atoms with van der Waals surface area (Å²) in [5.74, 6) is -0.702. The van der Waals surface area contributed by atoms with Crippen molar-refractivity contribution in [1.82, 2.24) is 10.3 Å². The Morgan fingerprint density at radius 1 is 1.16 bits per heavy atom. The van der Waals surface area contributed by atoms with Crippen molar-refractivity contribution in [3.05, 3.63) is 64.9 Å². The molecule has 3 heterocycles. The van der Waals surface area contributed by atoms with Crippen molar-refractivity contribution >= 4 is 23.5 Å². The quantitative estimate of drug-likeness (QED) is 0.226. The van der Waals surface area contributed by atoms with Crippen molar-refractivity contribution in [3.63, 3.8) is 0 Å². The maximum atomic E-state index is 13.4. The molecule has 0 saturated carbocycles. The van der Waals surface area contributed by atoms with E-state index in [1.165, 1.54) is 5.56 Å². The monoisotopic (exact) mass is 569 g/mol. The van der Waals surface area contributed by atoms with Gasteiger partial charge >= 0.3 is 5.97 Å². The van der Waals surface area contributed by atoms with Gasteiger partial charge in [-0.1, -0.05) is 48.0 Å². The van der Waals surface area contributed by atoms with Crippen molar-refractivity contribution in [1.29, 1.82) is 0 Å². The molecular formula is C24H29ClIN3O3. The first-order chi connectivity index (χ1) is 14.9. The van der Waals surface area contributed by atoms with E-state index >= 15 is 0 Å². The zero-order chi connectivity index (χ0) is 22.0. The van der Waals surface area contributed by atoms with Crippen LogP contribution in [0.2, 0.25) is 5.15 Å². The van der Waals surface area contributed by atoms with Gasteiger partial charge in [-0.05, 0) is 18.6 Å². The van der Waals surface area contributed by atoms with Gasteiger partial charge in [-0.15, -0.1) is 0 Å². The molecular weight excluding hydrogens is 541 g/mol. The van der Waals surface area contributed by atoms with Crippen LogP contribution in [0, 0.1) is 5.92 Å². The predicted molar refractivity (Wildman–Crippen MR) is 118 cm³/mol. The number of hydrogen-bond acceptors (Lipinski definition) is 4. The molecule has 8 heteroatoms. The average Bonchev–Trinajstić information content (AvgIpc) is 3.20. The van der Waals surface area contributed by atoms with Gasteiger partial charge in [0.15, 0.2) is 0 Å². The van der Waals surface area contributed by atoms with Gasteiger partial charge in [0.05, 0.1) is 25.6 Å². The Hall–Kier alpha value is -1.71. The Bertz CT molecular complexity index is 943. The number of amides is 1. The van der Waals surface area contributed by atoms with Gasteiger partial charge in [-0.3, -0.25) is 9.59 Å². The van der Waals surface area contributed by atoms with Gasteiger partial charge in [0.2, 0.25) is 5.91 Å². The van der Waals surface area contributed by atoms with Crippen molar-refractivity contribution < 1.29 is 42.8 Å². The van der Waals surface area contributed by atoms with E-state index in [9.17, 15) is 9.59 Å². The van der Waals surface area contributed by atoms with Crippen LogP contribution in [-0.4, -0.2) is 53.6 Å². The number of nitrogens with zero attached hydrogens (tertiary/aromatic N) is 2. The minimum Gasteiger partial charge on any atom is -1.00 e. The zero-order valence-electron chi connectivity index (χ0n) is 18.3. The summed E-state index contributed by atoms with van der Waals surface area (Å²) in [5, 5.41) is 3.28. The zero-order valence-corrected chi connectivity index (χ0v) is 21.3. The summed E-state index contributed by atoms with van der Waals surface area (Å²) in [6, 6.07) is 14.7. The fourth-order valence-corrected chi connectivity index (χ4v) is 5.91. The number of nitrogens with one attached hydrogen (secondary N) is 1. The predicted octanol–water partition coefficient (Wildman–Crippen LogP) is 0.310. The Kier molecular flexibility index (Phi) is 8.16. The molecule has 2 aliphatic heterocycles. The topological polar surface area (TPSA) is 68.3 Å². The largest absolute Gasteiger partial charge is 1.00 e. The summed E-state index contributed by atoms with van der Waals surface area (Å²) in [4.78, 5) is 29.5.